The lowest BCUT2D eigenvalue weighted by Crippen LogP contribution is -2.29. The van der Waals surface area contributed by atoms with Gasteiger partial charge in [0.05, 0.1) is 5.52 Å². The summed E-state index contributed by atoms with van der Waals surface area (Å²) in [7, 11) is 0. The molecule has 0 unspecified atom stereocenters. The van der Waals surface area contributed by atoms with Crippen LogP contribution in [0.5, 0.6) is 0 Å². The van der Waals surface area contributed by atoms with E-state index in [-0.39, 0.29) is 0 Å². The second-order valence-corrected chi connectivity index (χ2v) is 8.48. The lowest BCUT2D eigenvalue weighted by Gasteiger charge is -2.28. The van der Waals surface area contributed by atoms with Crippen LogP contribution in [0.3, 0.4) is 0 Å². The maximum atomic E-state index is 14.1. The van der Waals surface area contributed by atoms with Gasteiger partial charge in [-0.25, -0.2) is 9.37 Å². The molecule has 0 bridgehead atoms. The lowest BCUT2D eigenvalue weighted by atomic mass is 10.1. The number of piperidine rings is 1. The van der Waals surface area contributed by atoms with E-state index in [4.69, 9.17) is 0 Å². The van der Waals surface area contributed by atoms with Crippen molar-refractivity contribution in [2.24, 2.45) is 5.92 Å². The molecule has 1 aromatic carbocycles. The largest absolute Gasteiger partial charge is 0.372 e. The minimum Gasteiger partial charge on any atom is -0.372 e. The maximum Gasteiger partial charge on any atom is 0.287 e. The van der Waals surface area contributed by atoms with Crippen molar-refractivity contribution in [3.63, 3.8) is 0 Å². The smallest absolute Gasteiger partial charge is 0.287 e. The Bertz CT molecular complexity index is 1070. The van der Waals surface area contributed by atoms with Gasteiger partial charge in [-0.2, -0.15) is 0 Å². The van der Waals surface area contributed by atoms with E-state index in [1.54, 1.807) is 6.20 Å². The van der Waals surface area contributed by atoms with Gasteiger partial charge in [0.25, 0.3) is 5.56 Å². The number of hydrogen-bond acceptors (Lipinski definition) is 4. The highest BCUT2D eigenvalue weighted by molar-refractivity contribution is 5.81. The summed E-state index contributed by atoms with van der Waals surface area (Å²) in [5, 5.41) is 3.94. The van der Waals surface area contributed by atoms with E-state index in [1.165, 1.54) is 35.6 Å². The van der Waals surface area contributed by atoms with Crippen LogP contribution in [0.25, 0.3) is 10.9 Å². The number of benzene rings is 1. The van der Waals surface area contributed by atoms with Crippen molar-refractivity contribution in [2.45, 2.75) is 46.1 Å². The average molecular weight is 409 g/mol. The fourth-order valence-electron chi connectivity index (χ4n) is 3.97. The molecule has 1 saturated heterocycles. The highest BCUT2D eigenvalue weighted by Gasteiger charge is 2.12. The van der Waals surface area contributed by atoms with Crippen LogP contribution < -0.4 is 15.8 Å². The Labute approximate surface area is 176 Å². The first-order valence-corrected chi connectivity index (χ1v) is 10.8. The van der Waals surface area contributed by atoms with Crippen molar-refractivity contribution >= 4 is 28.1 Å². The van der Waals surface area contributed by atoms with Crippen LogP contribution in [0, 0.1) is 11.7 Å². The Morgan fingerprint density at radius 3 is 2.53 bits per heavy atom. The van der Waals surface area contributed by atoms with E-state index in [0.717, 1.165) is 25.2 Å². The molecule has 4 rings (SSSR count). The number of nitrogens with one attached hydrogen (secondary N) is 1. The van der Waals surface area contributed by atoms with Crippen LogP contribution >= 0.6 is 0 Å². The van der Waals surface area contributed by atoms with Crippen molar-refractivity contribution in [3.8, 4) is 0 Å². The number of aryl methyl sites for hydroxylation is 1. The third kappa shape index (κ3) is 4.48. The molecule has 158 valence electrons. The Morgan fingerprint density at radius 2 is 1.83 bits per heavy atom. The van der Waals surface area contributed by atoms with Gasteiger partial charge in [-0.1, -0.05) is 13.8 Å². The van der Waals surface area contributed by atoms with Crippen LogP contribution in [0.4, 0.5) is 21.6 Å². The summed E-state index contributed by atoms with van der Waals surface area (Å²) in [4.78, 5) is 19.2. The van der Waals surface area contributed by atoms with Gasteiger partial charge >= 0.3 is 0 Å². The molecular formula is C24H29FN4O. The molecule has 2 aromatic heterocycles. The van der Waals surface area contributed by atoms with E-state index in [2.05, 4.69) is 41.2 Å². The molecule has 1 aliphatic heterocycles. The van der Waals surface area contributed by atoms with E-state index >= 15 is 0 Å². The van der Waals surface area contributed by atoms with Crippen LogP contribution in [0.2, 0.25) is 0 Å². The van der Waals surface area contributed by atoms with Crippen molar-refractivity contribution in [2.75, 3.05) is 23.3 Å². The molecule has 1 aliphatic rings. The maximum absolute atomic E-state index is 14.1. The first kappa shape index (κ1) is 20.4. The highest BCUT2D eigenvalue weighted by atomic mass is 19.1. The molecule has 0 amide bonds. The molecular weight excluding hydrogens is 379 g/mol. The summed E-state index contributed by atoms with van der Waals surface area (Å²) < 4.78 is 15.6. The lowest BCUT2D eigenvalue weighted by molar-refractivity contribution is 0.501. The van der Waals surface area contributed by atoms with E-state index in [1.807, 2.05) is 18.2 Å². The van der Waals surface area contributed by atoms with Crippen LogP contribution in [0.15, 0.2) is 47.4 Å². The Morgan fingerprint density at radius 1 is 1.10 bits per heavy atom. The number of rotatable bonds is 6. The van der Waals surface area contributed by atoms with Gasteiger partial charge in [0.2, 0.25) is 0 Å². The van der Waals surface area contributed by atoms with E-state index in [9.17, 15) is 9.18 Å². The summed E-state index contributed by atoms with van der Waals surface area (Å²) in [6.45, 7) is 6.90. The Hall–Kier alpha value is -2.89. The predicted molar refractivity (Wildman–Crippen MR) is 121 cm³/mol. The minimum atomic E-state index is -0.734. The molecule has 3 heterocycles. The van der Waals surface area contributed by atoms with Crippen LogP contribution in [-0.2, 0) is 6.54 Å². The van der Waals surface area contributed by atoms with Crippen LogP contribution in [-0.4, -0.2) is 22.6 Å². The number of fused-ring (bicyclic) bond motifs is 1. The Balaban J connectivity index is 1.59. The number of aromatic nitrogens is 2. The van der Waals surface area contributed by atoms with Gasteiger partial charge in [0.15, 0.2) is 5.82 Å². The summed E-state index contributed by atoms with van der Waals surface area (Å²) in [5.41, 5.74) is 2.29. The number of nitrogens with zero attached hydrogens (tertiary/aromatic N) is 3. The normalized spacial score (nSPS) is 14.5. The molecule has 0 saturated carbocycles. The van der Waals surface area contributed by atoms with Gasteiger partial charge in [0.1, 0.15) is 5.82 Å². The molecule has 1 fully saturated rings. The van der Waals surface area contributed by atoms with Crippen LogP contribution in [0.1, 0.15) is 39.5 Å². The number of pyridine rings is 2. The fraction of sp³-hybridized carbons (Fsp3) is 0.417. The van der Waals surface area contributed by atoms with E-state index in [0.29, 0.717) is 29.2 Å². The number of hydrogen-bond donors (Lipinski definition) is 1. The zero-order valence-corrected chi connectivity index (χ0v) is 17.7. The van der Waals surface area contributed by atoms with Crippen molar-refractivity contribution in [1.82, 2.24) is 9.55 Å². The van der Waals surface area contributed by atoms with Crippen molar-refractivity contribution in [1.29, 1.82) is 0 Å². The zero-order chi connectivity index (χ0) is 21.1. The molecule has 30 heavy (non-hydrogen) atoms. The molecule has 6 heteroatoms. The second-order valence-electron chi connectivity index (χ2n) is 8.48. The molecule has 5 nitrogen and oxygen atoms in total. The van der Waals surface area contributed by atoms with Crippen molar-refractivity contribution < 1.29 is 4.39 Å². The average Bonchev–Trinajstić information content (AvgIpc) is 2.75. The second kappa shape index (κ2) is 8.86. The van der Waals surface area contributed by atoms with Gasteiger partial charge in [0, 0.05) is 48.7 Å². The summed E-state index contributed by atoms with van der Waals surface area (Å²) in [5.74, 6) is 0.327. The molecule has 0 aliphatic carbocycles. The van der Waals surface area contributed by atoms with Crippen molar-refractivity contribution in [3.05, 3.63) is 58.8 Å². The Kier molecular flexibility index (Phi) is 6.02. The standard InChI is InChI=1S/C24H29FN4O/c1-17(2)10-13-29-22-15-23(26-16-18(22)14-21(25)24(29)30)27-19-6-8-20(9-7-19)28-11-4-3-5-12-28/h6-9,14-17H,3-5,10-13H2,1-2H3,(H,26,27). The molecule has 0 radical (unpaired) electrons. The first-order valence-electron chi connectivity index (χ1n) is 10.8. The first-order chi connectivity index (χ1) is 14.5. The van der Waals surface area contributed by atoms with Gasteiger partial charge < -0.3 is 14.8 Å². The quantitative estimate of drug-likeness (QED) is 0.600. The third-order valence-corrected chi connectivity index (χ3v) is 5.73. The molecule has 3 aromatic rings. The topological polar surface area (TPSA) is 50.2 Å². The summed E-state index contributed by atoms with van der Waals surface area (Å²) in [6, 6.07) is 11.5. The minimum absolute atomic E-state index is 0.424. The third-order valence-electron chi connectivity index (χ3n) is 5.73. The summed E-state index contributed by atoms with van der Waals surface area (Å²) in [6.07, 6.45) is 6.24. The summed E-state index contributed by atoms with van der Waals surface area (Å²) >= 11 is 0. The van der Waals surface area contributed by atoms with E-state index < -0.39 is 11.4 Å². The molecule has 1 N–H and O–H groups in total. The molecule has 0 atom stereocenters. The van der Waals surface area contributed by atoms with Gasteiger partial charge in [-0.05, 0) is 61.9 Å². The SMILES string of the molecule is CC(C)CCn1c(=O)c(F)cc2cnc(Nc3ccc(N4CCCCC4)cc3)cc21. The highest BCUT2D eigenvalue weighted by Crippen LogP contribution is 2.24. The van der Waals surface area contributed by atoms with Gasteiger partial charge in [-0.15, -0.1) is 0 Å². The fourth-order valence-corrected chi connectivity index (χ4v) is 3.97. The molecule has 0 spiro atoms. The zero-order valence-electron chi connectivity index (χ0n) is 17.7. The van der Waals surface area contributed by atoms with Gasteiger partial charge in [-0.3, -0.25) is 4.79 Å². The number of anilines is 3. The predicted octanol–water partition coefficient (Wildman–Crippen LogP) is 5.32. The monoisotopic (exact) mass is 408 g/mol. The number of halogens is 1.